The summed E-state index contributed by atoms with van der Waals surface area (Å²) in [5.41, 5.74) is 0.747. The van der Waals surface area contributed by atoms with E-state index in [1.54, 1.807) is 16.7 Å². The Hall–Kier alpha value is -2.94. The Morgan fingerprint density at radius 2 is 2.14 bits per heavy atom. The van der Waals surface area contributed by atoms with E-state index in [0.717, 1.165) is 23.4 Å². The van der Waals surface area contributed by atoms with Crippen LogP contribution >= 0.6 is 11.8 Å². The van der Waals surface area contributed by atoms with E-state index in [1.165, 1.54) is 6.07 Å². The van der Waals surface area contributed by atoms with Crippen molar-refractivity contribution in [2.24, 2.45) is 0 Å². The van der Waals surface area contributed by atoms with Crippen molar-refractivity contribution in [2.45, 2.75) is 23.8 Å². The number of aromatic nitrogens is 2. The molecule has 1 aliphatic rings. The molecular formula is C20H18F2N4O2S. The average molecular weight is 416 g/mol. The number of anilines is 1. The van der Waals surface area contributed by atoms with Gasteiger partial charge in [0.1, 0.15) is 17.7 Å². The van der Waals surface area contributed by atoms with E-state index in [2.05, 4.69) is 15.5 Å². The smallest absolute Gasteiger partial charge is 0.322 e. The van der Waals surface area contributed by atoms with Gasteiger partial charge in [-0.15, -0.1) is 11.8 Å². The first-order valence-corrected chi connectivity index (χ1v) is 10.3. The van der Waals surface area contributed by atoms with Crippen LogP contribution in [0.3, 0.4) is 0 Å². The number of rotatable bonds is 4. The molecule has 1 saturated heterocycles. The number of nitrogens with zero attached hydrogens (tertiary/aromatic N) is 3. The fraction of sp³-hybridized carbons (Fsp3) is 0.250. The maximum absolute atomic E-state index is 14.0. The topological polar surface area (TPSA) is 71.3 Å². The molecule has 0 radical (unpaired) electrons. The Balaban J connectivity index is 1.52. The summed E-state index contributed by atoms with van der Waals surface area (Å²) in [4.78, 5) is 19.7. The van der Waals surface area contributed by atoms with Crippen LogP contribution in [-0.2, 0) is 0 Å². The molecule has 0 bridgehead atoms. The summed E-state index contributed by atoms with van der Waals surface area (Å²) in [5, 5.41) is 6.71. The van der Waals surface area contributed by atoms with Crippen LogP contribution in [0.15, 0.2) is 51.9 Å². The third-order valence-electron chi connectivity index (χ3n) is 4.73. The lowest BCUT2D eigenvalue weighted by Crippen LogP contribution is -2.34. The summed E-state index contributed by atoms with van der Waals surface area (Å²) in [6.07, 6.45) is 3.41. The van der Waals surface area contributed by atoms with Gasteiger partial charge in [0.15, 0.2) is 0 Å². The summed E-state index contributed by atoms with van der Waals surface area (Å²) in [7, 11) is 0. The van der Waals surface area contributed by atoms with Gasteiger partial charge in [0.05, 0.1) is 5.56 Å². The SMILES string of the molecule is CSc1cccc(NC(=O)N2CCC[C@H]2c2nc(-c3ccc(F)cc3F)no2)c1. The summed E-state index contributed by atoms with van der Waals surface area (Å²) in [5.74, 6) is -1.20. The number of hydrogen-bond acceptors (Lipinski definition) is 5. The second-order valence-corrected chi connectivity index (χ2v) is 7.47. The highest BCUT2D eigenvalue weighted by molar-refractivity contribution is 7.98. The first-order valence-electron chi connectivity index (χ1n) is 9.06. The normalized spacial score (nSPS) is 16.2. The van der Waals surface area contributed by atoms with Crippen LogP contribution in [0.2, 0.25) is 0 Å². The largest absolute Gasteiger partial charge is 0.337 e. The highest BCUT2D eigenvalue weighted by Crippen LogP contribution is 2.33. The molecule has 2 amide bonds. The monoisotopic (exact) mass is 416 g/mol. The van der Waals surface area contributed by atoms with Gasteiger partial charge >= 0.3 is 6.03 Å². The van der Waals surface area contributed by atoms with Crippen molar-refractivity contribution < 1.29 is 18.1 Å². The van der Waals surface area contributed by atoms with Gasteiger partial charge in [-0.2, -0.15) is 4.98 Å². The third kappa shape index (κ3) is 4.09. The number of benzene rings is 2. The van der Waals surface area contributed by atoms with Crippen molar-refractivity contribution in [1.29, 1.82) is 0 Å². The van der Waals surface area contributed by atoms with E-state index < -0.39 is 17.7 Å². The zero-order valence-corrected chi connectivity index (χ0v) is 16.4. The van der Waals surface area contributed by atoms with E-state index >= 15 is 0 Å². The molecule has 0 spiro atoms. The predicted molar refractivity (Wildman–Crippen MR) is 106 cm³/mol. The third-order valence-corrected chi connectivity index (χ3v) is 5.46. The lowest BCUT2D eigenvalue weighted by atomic mass is 10.2. The van der Waals surface area contributed by atoms with E-state index in [9.17, 15) is 13.6 Å². The molecule has 29 heavy (non-hydrogen) atoms. The van der Waals surface area contributed by atoms with Crippen LogP contribution < -0.4 is 5.32 Å². The Morgan fingerprint density at radius 3 is 2.93 bits per heavy atom. The number of carbonyl (C=O) groups excluding carboxylic acids is 1. The number of likely N-dealkylation sites (tertiary alicyclic amines) is 1. The van der Waals surface area contributed by atoms with Crippen molar-refractivity contribution in [2.75, 3.05) is 18.1 Å². The maximum atomic E-state index is 14.0. The Kier molecular flexibility index (Phi) is 5.48. The Morgan fingerprint density at radius 1 is 1.28 bits per heavy atom. The van der Waals surface area contributed by atoms with Crippen molar-refractivity contribution >= 4 is 23.5 Å². The molecule has 1 fully saturated rings. The molecule has 1 N–H and O–H groups in total. The highest BCUT2D eigenvalue weighted by Gasteiger charge is 2.34. The molecule has 150 valence electrons. The predicted octanol–water partition coefficient (Wildman–Crippen LogP) is 5.11. The van der Waals surface area contributed by atoms with Crippen LogP contribution in [0.5, 0.6) is 0 Å². The zero-order chi connectivity index (χ0) is 20.4. The lowest BCUT2D eigenvalue weighted by Gasteiger charge is -2.22. The van der Waals surface area contributed by atoms with Crippen LogP contribution in [0.25, 0.3) is 11.4 Å². The first-order chi connectivity index (χ1) is 14.0. The molecule has 1 atom stereocenters. The van der Waals surface area contributed by atoms with Gasteiger partial charge in [-0.05, 0) is 49.4 Å². The van der Waals surface area contributed by atoms with Gasteiger partial charge < -0.3 is 14.7 Å². The van der Waals surface area contributed by atoms with Crippen LogP contribution in [0, 0.1) is 11.6 Å². The maximum Gasteiger partial charge on any atom is 0.322 e. The van der Waals surface area contributed by atoms with Crippen molar-refractivity contribution in [1.82, 2.24) is 15.0 Å². The van der Waals surface area contributed by atoms with Crippen LogP contribution in [-0.4, -0.2) is 33.9 Å². The number of nitrogens with one attached hydrogen (secondary N) is 1. The standard InChI is InChI=1S/C20H18F2N4O2S/c1-29-14-5-2-4-13(11-14)23-20(27)26-9-3-6-17(26)19-24-18(25-28-19)15-8-7-12(21)10-16(15)22/h2,4-5,7-8,10-11,17H,3,6,9H2,1H3,(H,23,27)/t17-/m0/s1. The van der Waals surface area contributed by atoms with Gasteiger partial charge in [-0.1, -0.05) is 11.2 Å². The first kappa shape index (κ1) is 19.4. The van der Waals surface area contributed by atoms with Gasteiger partial charge in [0.25, 0.3) is 0 Å². The summed E-state index contributed by atoms with van der Waals surface area (Å²) in [6.45, 7) is 0.543. The van der Waals surface area contributed by atoms with Gasteiger partial charge in [-0.3, -0.25) is 0 Å². The summed E-state index contributed by atoms with van der Waals surface area (Å²) in [6, 6.07) is 10.1. The average Bonchev–Trinajstić information content (AvgIpc) is 3.37. The van der Waals surface area contributed by atoms with Gasteiger partial charge in [-0.25, -0.2) is 13.6 Å². The number of hydrogen-bond donors (Lipinski definition) is 1. The lowest BCUT2D eigenvalue weighted by molar-refractivity contribution is 0.193. The number of thioether (sulfide) groups is 1. The molecule has 0 aliphatic carbocycles. The van der Waals surface area contributed by atoms with Crippen LogP contribution in [0.4, 0.5) is 19.3 Å². The molecule has 2 heterocycles. The molecule has 0 unspecified atom stereocenters. The van der Waals surface area contributed by atoms with E-state index in [-0.39, 0.29) is 23.3 Å². The second-order valence-electron chi connectivity index (χ2n) is 6.59. The van der Waals surface area contributed by atoms with Crippen molar-refractivity contribution in [3.05, 3.63) is 60.0 Å². The van der Waals surface area contributed by atoms with Crippen molar-refractivity contribution in [3.8, 4) is 11.4 Å². The molecule has 2 aromatic carbocycles. The highest BCUT2D eigenvalue weighted by atomic mass is 32.2. The number of urea groups is 1. The number of amides is 2. The zero-order valence-electron chi connectivity index (χ0n) is 15.6. The summed E-state index contributed by atoms with van der Waals surface area (Å²) < 4.78 is 32.4. The fourth-order valence-electron chi connectivity index (χ4n) is 3.31. The summed E-state index contributed by atoms with van der Waals surface area (Å²) >= 11 is 1.59. The quantitative estimate of drug-likeness (QED) is 0.599. The number of halogens is 2. The Labute approximate surface area is 170 Å². The minimum absolute atomic E-state index is 0.0254. The molecule has 4 rings (SSSR count). The molecule has 9 heteroatoms. The number of carbonyl (C=O) groups is 1. The molecule has 1 aliphatic heterocycles. The van der Waals surface area contributed by atoms with E-state index in [4.69, 9.17) is 4.52 Å². The Bertz CT molecular complexity index is 1040. The molecular weight excluding hydrogens is 398 g/mol. The molecule has 0 saturated carbocycles. The molecule has 3 aromatic rings. The van der Waals surface area contributed by atoms with E-state index in [1.807, 2.05) is 30.5 Å². The van der Waals surface area contributed by atoms with Crippen LogP contribution in [0.1, 0.15) is 24.8 Å². The van der Waals surface area contributed by atoms with Gasteiger partial charge in [0, 0.05) is 23.2 Å². The minimum atomic E-state index is -0.771. The van der Waals surface area contributed by atoms with E-state index in [0.29, 0.717) is 18.7 Å². The second kappa shape index (κ2) is 8.20. The molecule has 1 aromatic heterocycles. The van der Waals surface area contributed by atoms with Crippen molar-refractivity contribution in [3.63, 3.8) is 0 Å². The minimum Gasteiger partial charge on any atom is -0.337 e. The van der Waals surface area contributed by atoms with Gasteiger partial charge in [0.2, 0.25) is 11.7 Å². The molecule has 6 nitrogen and oxygen atoms in total. The fourth-order valence-corrected chi connectivity index (χ4v) is 3.77.